The van der Waals surface area contributed by atoms with E-state index in [-0.39, 0.29) is 29.7 Å². The Bertz CT molecular complexity index is 1260. The SMILES string of the molecule is CCOC(=O)c1cc(-c2ccc(C)c(C)c2)n(-c2ccc(C(=O)N[C@H]3C[C@H](C)CC(C)(C)C3)cc2)n1. The monoisotopic (exact) mass is 487 g/mol. The summed E-state index contributed by atoms with van der Waals surface area (Å²) in [7, 11) is 0. The molecule has 2 atom stereocenters. The standard InChI is InChI=1S/C30H37N3O3/c1-7-36-29(35)26-16-27(23-9-8-20(3)21(4)15-23)33(32-26)25-12-10-22(11-13-25)28(34)31-24-14-19(2)17-30(5,6)18-24/h8-13,15-16,19,24H,7,14,17-18H2,1-6H3,(H,31,34)/t19-,24-/m0/s1. The van der Waals surface area contributed by atoms with E-state index in [1.165, 1.54) is 12.0 Å². The van der Waals surface area contributed by atoms with Gasteiger partial charge in [-0.3, -0.25) is 4.79 Å². The predicted octanol–water partition coefficient (Wildman–Crippen LogP) is 6.28. The highest BCUT2D eigenvalue weighted by Crippen LogP contribution is 2.38. The maximum absolute atomic E-state index is 13.0. The Morgan fingerprint density at radius 1 is 1.06 bits per heavy atom. The van der Waals surface area contributed by atoms with E-state index in [0.29, 0.717) is 11.5 Å². The van der Waals surface area contributed by atoms with E-state index in [1.807, 2.05) is 30.3 Å². The number of aryl methyl sites for hydroxylation is 2. The number of carbonyl (C=O) groups is 2. The van der Waals surface area contributed by atoms with Gasteiger partial charge in [-0.15, -0.1) is 0 Å². The number of nitrogens with one attached hydrogen (secondary N) is 1. The number of rotatable bonds is 6. The van der Waals surface area contributed by atoms with Crippen LogP contribution in [0.5, 0.6) is 0 Å². The summed E-state index contributed by atoms with van der Waals surface area (Å²) < 4.78 is 6.93. The minimum Gasteiger partial charge on any atom is -0.461 e. The summed E-state index contributed by atoms with van der Waals surface area (Å²) in [5.41, 5.74) is 5.96. The molecule has 0 spiro atoms. The minimum absolute atomic E-state index is 0.0569. The summed E-state index contributed by atoms with van der Waals surface area (Å²) >= 11 is 0. The Labute approximate surface area is 214 Å². The number of amides is 1. The fraction of sp³-hybridized carbons (Fsp3) is 0.433. The smallest absolute Gasteiger partial charge is 0.358 e. The van der Waals surface area contributed by atoms with E-state index in [2.05, 4.69) is 57.2 Å². The van der Waals surface area contributed by atoms with Crippen LogP contribution in [0, 0.1) is 25.2 Å². The van der Waals surface area contributed by atoms with Crippen LogP contribution in [-0.2, 0) is 4.74 Å². The minimum atomic E-state index is -0.457. The van der Waals surface area contributed by atoms with E-state index >= 15 is 0 Å². The number of carbonyl (C=O) groups excluding carboxylic acids is 2. The Hall–Kier alpha value is -3.41. The normalized spacial score (nSPS) is 19.1. The summed E-state index contributed by atoms with van der Waals surface area (Å²) in [5.74, 6) is 0.0825. The number of aromatic nitrogens is 2. The van der Waals surface area contributed by atoms with Crippen molar-refractivity contribution in [2.75, 3.05) is 6.61 Å². The second kappa shape index (κ2) is 10.3. The highest BCUT2D eigenvalue weighted by atomic mass is 16.5. The van der Waals surface area contributed by atoms with Gasteiger partial charge in [-0.1, -0.05) is 32.9 Å². The summed E-state index contributed by atoms with van der Waals surface area (Å²) in [6.45, 7) is 13.0. The molecule has 36 heavy (non-hydrogen) atoms. The molecule has 1 heterocycles. The maximum atomic E-state index is 13.0. The number of esters is 1. The molecule has 1 saturated carbocycles. The van der Waals surface area contributed by atoms with Crippen LogP contribution in [0.25, 0.3) is 16.9 Å². The molecule has 0 aliphatic heterocycles. The van der Waals surface area contributed by atoms with Crippen molar-refractivity contribution in [2.24, 2.45) is 11.3 Å². The molecule has 1 fully saturated rings. The zero-order valence-electron chi connectivity index (χ0n) is 22.2. The number of hydrogen-bond donors (Lipinski definition) is 1. The van der Waals surface area contributed by atoms with Crippen molar-refractivity contribution in [3.8, 4) is 16.9 Å². The lowest BCUT2D eigenvalue weighted by molar-refractivity contribution is 0.0518. The molecule has 1 aliphatic carbocycles. The van der Waals surface area contributed by atoms with Crippen LogP contribution in [-0.4, -0.2) is 34.3 Å². The van der Waals surface area contributed by atoms with Crippen LogP contribution < -0.4 is 5.32 Å². The highest BCUT2D eigenvalue weighted by molar-refractivity contribution is 5.94. The van der Waals surface area contributed by atoms with Crippen LogP contribution in [0.15, 0.2) is 48.5 Å². The molecule has 6 heteroatoms. The van der Waals surface area contributed by atoms with Crippen LogP contribution >= 0.6 is 0 Å². The molecule has 1 N–H and O–H groups in total. The third kappa shape index (κ3) is 5.69. The van der Waals surface area contributed by atoms with E-state index in [9.17, 15) is 9.59 Å². The Kier molecular flexibility index (Phi) is 7.34. The third-order valence-electron chi connectivity index (χ3n) is 7.09. The Morgan fingerprint density at radius 3 is 2.42 bits per heavy atom. The summed E-state index contributed by atoms with van der Waals surface area (Å²) in [4.78, 5) is 25.5. The highest BCUT2D eigenvalue weighted by Gasteiger charge is 2.32. The van der Waals surface area contributed by atoms with Crippen LogP contribution in [0.1, 0.15) is 78.9 Å². The first-order chi connectivity index (χ1) is 17.1. The lowest BCUT2D eigenvalue weighted by atomic mass is 9.70. The summed E-state index contributed by atoms with van der Waals surface area (Å²) in [5, 5.41) is 7.80. The molecule has 0 bridgehead atoms. The van der Waals surface area contributed by atoms with Crippen LogP contribution in [0.4, 0.5) is 0 Å². The van der Waals surface area contributed by atoms with Gasteiger partial charge in [-0.05, 0) is 98.9 Å². The molecule has 0 radical (unpaired) electrons. The van der Waals surface area contributed by atoms with Gasteiger partial charge in [0, 0.05) is 17.2 Å². The first-order valence-electron chi connectivity index (χ1n) is 12.8. The zero-order valence-corrected chi connectivity index (χ0v) is 22.2. The molecule has 1 aliphatic rings. The molecule has 1 amide bonds. The third-order valence-corrected chi connectivity index (χ3v) is 7.09. The van der Waals surface area contributed by atoms with Gasteiger partial charge in [-0.25, -0.2) is 9.48 Å². The molecule has 0 unspecified atom stereocenters. The van der Waals surface area contributed by atoms with E-state index in [0.717, 1.165) is 35.3 Å². The van der Waals surface area contributed by atoms with Crippen LogP contribution in [0.2, 0.25) is 0 Å². The van der Waals surface area contributed by atoms with Crippen molar-refractivity contribution in [3.05, 3.63) is 70.9 Å². The van der Waals surface area contributed by atoms with Gasteiger partial charge in [-0.2, -0.15) is 5.10 Å². The molecule has 190 valence electrons. The fourth-order valence-corrected chi connectivity index (χ4v) is 5.47. The number of ether oxygens (including phenoxy) is 1. The first kappa shape index (κ1) is 25.7. The van der Waals surface area contributed by atoms with Gasteiger partial charge in [0.25, 0.3) is 5.91 Å². The summed E-state index contributed by atoms with van der Waals surface area (Å²) in [6, 6.07) is 15.5. The number of nitrogens with zero attached hydrogens (tertiary/aromatic N) is 2. The second-order valence-corrected chi connectivity index (χ2v) is 11.0. The van der Waals surface area contributed by atoms with E-state index in [1.54, 1.807) is 17.7 Å². The average molecular weight is 488 g/mol. The second-order valence-electron chi connectivity index (χ2n) is 11.0. The molecular weight excluding hydrogens is 450 g/mol. The Morgan fingerprint density at radius 2 is 1.78 bits per heavy atom. The average Bonchev–Trinajstić information content (AvgIpc) is 3.25. The lowest BCUT2D eigenvalue weighted by Crippen LogP contribution is -2.42. The van der Waals surface area contributed by atoms with Crippen molar-refractivity contribution in [1.29, 1.82) is 0 Å². The zero-order chi connectivity index (χ0) is 26.0. The van der Waals surface area contributed by atoms with Gasteiger partial charge in [0.15, 0.2) is 5.69 Å². The van der Waals surface area contributed by atoms with Gasteiger partial charge >= 0.3 is 5.97 Å². The summed E-state index contributed by atoms with van der Waals surface area (Å²) in [6.07, 6.45) is 3.19. The van der Waals surface area contributed by atoms with Crippen molar-refractivity contribution >= 4 is 11.9 Å². The predicted molar refractivity (Wildman–Crippen MR) is 142 cm³/mol. The van der Waals surface area contributed by atoms with Crippen LogP contribution in [0.3, 0.4) is 0 Å². The molecule has 6 nitrogen and oxygen atoms in total. The molecule has 0 saturated heterocycles. The van der Waals surface area contributed by atoms with E-state index in [4.69, 9.17) is 4.74 Å². The molecule has 3 aromatic rings. The van der Waals surface area contributed by atoms with Gasteiger partial charge in [0.2, 0.25) is 0 Å². The molecular formula is C30H37N3O3. The molecule has 1 aromatic heterocycles. The van der Waals surface area contributed by atoms with E-state index < -0.39 is 5.97 Å². The molecule has 4 rings (SSSR count). The number of hydrogen-bond acceptors (Lipinski definition) is 4. The van der Waals surface area contributed by atoms with Crippen molar-refractivity contribution in [2.45, 2.75) is 66.8 Å². The van der Waals surface area contributed by atoms with Crippen molar-refractivity contribution < 1.29 is 14.3 Å². The lowest BCUT2D eigenvalue weighted by Gasteiger charge is -2.39. The molecule has 2 aromatic carbocycles. The fourth-order valence-electron chi connectivity index (χ4n) is 5.47. The van der Waals surface area contributed by atoms with Gasteiger partial charge in [0.05, 0.1) is 18.0 Å². The number of benzene rings is 2. The maximum Gasteiger partial charge on any atom is 0.358 e. The van der Waals surface area contributed by atoms with Gasteiger partial charge in [0.1, 0.15) is 0 Å². The topological polar surface area (TPSA) is 73.2 Å². The first-order valence-corrected chi connectivity index (χ1v) is 12.8. The van der Waals surface area contributed by atoms with Crippen molar-refractivity contribution in [1.82, 2.24) is 15.1 Å². The Balaban J connectivity index is 1.61. The van der Waals surface area contributed by atoms with Crippen molar-refractivity contribution in [3.63, 3.8) is 0 Å². The largest absolute Gasteiger partial charge is 0.461 e. The van der Waals surface area contributed by atoms with Gasteiger partial charge < -0.3 is 10.1 Å². The quantitative estimate of drug-likeness (QED) is 0.416.